The number of likely N-dealkylation sites (tertiary alicyclic amines) is 1. The van der Waals surface area contributed by atoms with E-state index in [0.717, 1.165) is 17.1 Å². The van der Waals surface area contributed by atoms with Crippen molar-refractivity contribution in [1.82, 2.24) is 4.90 Å². The quantitative estimate of drug-likeness (QED) is 0.779. The third kappa shape index (κ3) is 2.95. The molecule has 2 fully saturated rings. The van der Waals surface area contributed by atoms with E-state index in [2.05, 4.69) is 0 Å². The van der Waals surface area contributed by atoms with Crippen molar-refractivity contribution in [2.24, 2.45) is 11.8 Å². The number of carbonyl (C=O) groups excluding carboxylic acids is 2. The summed E-state index contributed by atoms with van der Waals surface area (Å²) in [5.74, 6) is 1.50. The minimum absolute atomic E-state index is 0. The number of aryl methyl sites for hydroxylation is 1. The van der Waals surface area contributed by atoms with Gasteiger partial charge in [-0.1, -0.05) is 6.07 Å². The van der Waals surface area contributed by atoms with Crippen molar-refractivity contribution in [1.29, 1.82) is 0 Å². The summed E-state index contributed by atoms with van der Waals surface area (Å²) in [5, 5.41) is 0. The molecule has 0 aromatic heterocycles. The molecule has 0 unspecified atom stereocenters. The lowest BCUT2D eigenvalue weighted by Gasteiger charge is -2.17. The van der Waals surface area contributed by atoms with Crippen LogP contribution in [0, 0.1) is 11.8 Å². The summed E-state index contributed by atoms with van der Waals surface area (Å²) in [6, 6.07) is 5.75. The van der Waals surface area contributed by atoms with Gasteiger partial charge in [0.15, 0.2) is 11.5 Å². The highest BCUT2D eigenvalue weighted by molar-refractivity contribution is 5.85. The van der Waals surface area contributed by atoms with Gasteiger partial charge in [0.05, 0.1) is 12.5 Å². The molecule has 7 heteroatoms. The van der Waals surface area contributed by atoms with E-state index in [1.165, 1.54) is 0 Å². The zero-order chi connectivity index (χ0) is 15.1. The molecule has 0 radical (unpaired) electrons. The molecule has 0 N–H and O–H groups in total. The number of cyclic esters (lactones) is 1. The van der Waals surface area contributed by atoms with E-state index >= 15 is 0 Å². The highest BCUT2D eigenvalue weighted by Crippen LogP contribution is 2.33. The van der Waals surface area contributed by atoms with Crippen LogP contribution < -0.4 is 9.47 Å². The standard InChI is InChI=1S/C16H17NO5.ClH/c18-15(17-6-11-8-20-16(19)12(11)7-17)4-2-10-1-3-13-14(5-10)22-9-21-13;/h1,3,5,11-12H,2,4,6-9H2;1H/t11-,12-;/m1./s1. The number of halogens is 1. The van der Waals surface area contributed by atoms with Crippen molar-refractivity contribution in [3.8, 4) is 11.5 Å². The van der Waals surface area contributed by atoms with E-state index in [0.29, 0.717) is 32.5 Å². The summed E-state index contributed by atoms with van der Waals surface area (Å²) in [7, 11) is 0. The molecule has 3 aliphatic rings. The van der Waals surface area contributed by atoms with E-state index in [9.17, 15) is 9.59 Å². The third-order valence-electron chi connectivity index (χ3n) is 4.60. The van der Waals surface area contributed by atoms with Gasteiger partial charge in [-0.25, -0.2) is 0 Å². The number of esters is 1. The maximum atomic E-state index is 12.3. The zero-order valence-corrected chi connectivity index (χ0v) is 13.3. The van der Waals surface area contributed by atoms with Crippen LogP contribution in [0.4, 0.5) is 0 Å². The van der Waals surface area contributed by atoms with Crippen molar-refractivity contribution in [2.75, 3.05) is 26.5 Å². The highest BCUT2D eigenvalue weighted by Gasteiger charge is 2.45. The van der Waals surface area contributed by atoms with Crippen LogP contribution in [0.5, 0.6) is 11.5 Å². The molecule has 1 amide bonds. The fourth-order valence-electron chi connectivity index (χ4n) is 3.31. The van der Waals surface area contributed by atoms with Crippen molar-refractivity contribution < 1.29 is 23.8 Å². The Balaban J connectivity index is 0.00000156. The summed E-state index contributed by atoms with van der Waals surface area (Å²) >= 11 is 0. The lowest BCUT2D eigenvalue weighted by atomic mass is 10.0. The first kappa shape index (κ1) is 15.9. The van der Waals surface area contributed by atoms with Gasteiger partial charge in [0.1, 0.15) is 0 Å². The van der Waals surface area contributed by atoms with E-state index in [4.69, 9.17) is 14.2 Å². The van der Waals surface area contributed by atoms with Crippen molar-refractivity contribution >= 4 is 24.3 Å². The van der Waals surface area contributed by atoms with Crippen LogP contribution in [0.25, 0.3) is 0 Å². The third-order valence-corrected chi connectivity index (χ3v) is 4.60. The molecule has 1 aromatic carbocycles. The van der Waals surface area contributed by atoms with Gasteiger partial charge in [-0.05, 0) is 24.1 Å². The lowest BCUT2D eigenvalue weighted by molar-refractivity contribution is -0.142. The summed E-state index contributed by atoms with van der Waals surface area (Å²) in [6.45, 7) is 1.85. The molecule has 3 aliphatic heterocycles. The second-order valence-corrected chi connectivity index (χ2v) is 5.98. The minimum Gasteiger partial charge on any atom is -0.465 e. The van der Waals surface area contributed by atoms with E-state index < -0.39 is 0 Å². The Hall–Kier alpha value is -1.95. The summed E-state index contributed by atoms with van der Waals surface area (Å²) in [6.07, 6.45) is 1.10. The smallest absolute Gasteiger partial charge is 0.311 e. The number of hydrogen-bond acceptors (Lipinski definition) is 5. The lowest BCUT2D eigenvalue weighted by Crippen LogP contribution is -2.31. The Bertz CT molecular complexity index is 635. The molecule has 2 atom stereocenters. The Morgan fingerprint density at radius 1 is 1.17 bits per heavy atom. The molecule has 0 aliphatic carbocycles. The van der Waals surface area contributed by atoms with Gasteiger partial charge < -0.3 is 19.1 Å². The maximum absolute atomic E-state index is 12.3. The van der Waals surface area contributed by atoms with Crippen molar-refractivity contribution in [2.45, 2.75) is 12.8 Å². The van der Waals surface area contributed by atoms with Gasteiger partial charge in [0.25, 0.3) is 0 Å². The molecule has 2 saturated heterocycles. The number of benzene rings is 1. The van der Waals surface area contributed by atoms with Crippen LogP contribution in [-0.4, -0.2) is 43.3 Å². The molecule has 6 nitrogen and oxygen atoms in total. The van der Waals surface area contributed by atoms with Crippen LogP contribution in [-0.2, 0) is 20.7 Å². The number of rotatable bonds is 3. The van der Waals surface area contributed by atoms with Crippen molar-refractivity contribution in [3.05, 3.63) is 23.8 Å². The number of ether oxygens (including phenoxy) is 3. The Labute approximate surface area is 140 Å². The molecular weight excluding hydrogens is 322 g/mol. The molecule has 23 heavy (non-hydrogen) atoms. The van der Waals surface area contributed by atoms with Gasteiger partial charge in [-0.2, -0.15) is 0 Å². The highest BCUT2D eigenvalue weighted by atomic mass is 35.5. The van der Waals surface area contributed by atoms with Crippen LogP contribution in [0.3, 0.4) is 0 Å². The molecule has 124 valence electrons. The van der Waals surface area contributed by atoms with Crippen LogP contribution >= 0.6 is 12.4 Å². The number of fused-ring (bicyclic) bond motifs is 2. The maximum Gasteiger partial charge on any atom is 0.311 e. The fourth-order valence-corrected chi connectivity index (χ4v) is 3.31. The number of hydrogen-bond donors (Lipinski definition) is 0. The average molecular weight is 340 g/mol. The van der Waals surface area contributed by atoms with Gasteiger partial charge in [0, 0.05) is 25.4 Å². The predicted molar refractivity (Wildman–Crippen MR) is 82.7 cm³/mol. The fraction of sp³-hybridized carbons (Fsp3) is 0.500. The SMILES string of the molecule is Cl.O=C1OC[C@H]2CN(C(=O)CCc3ccc4c(c3)OCO4)C[C@@H]12. The first-order valence-corrected chi connectivity index (χ1v) is 7.53. The van der Waals surface area contributed by atoms with Crippen LogP contribution in [0.15, 0.2) is 18.2 Å². The molecule has 1 aromatic rings. The average Bonchev–Trinajstić information content (AvgIpc) is 3.21. The van der Waals surface area contributed by atoms with Gasteiger partial charge >= 0.3 is 5.97 Å². The Morgan fingerprint density at radius 2 is 2.00 bits per heavy atom. The first-order chi connectivity index (χ1) is 10.7. The molecule has 4 rings (SSSR count). The Kier molecular flexibility index (Phi) is 4.35. The molecule has 0 spiro atoms. The molecule has 0 saturated carbocycles. The van der Waals surface area contributed by atoms with Gasteiger partial charge in [-0.3, -0.25) is 9.59 Å². The number of carbonyl (C=O) groups is 2. The number of amides is 1. The predicted octanol–water partition coefficient (Wildman–Crippen LogP) is 1.40. The molecular formula is C16H18ClNO5. The van der Waals surface area contributed by atoms with E-state index in [-0.39, 0.29) is 42.9 Å². The van der Waals surface area contributed by atoms with Gasteiger partial charge in [0.2, 0.25) is 12.7 Å². The second-order valence-electron chi connectivity index (χ2n) is 5.98. The first-order valence-electron chi connectivity index (χ1n) is 7.53. The Morgan fingerprint density at radius 3 is 2.83 bits per heavy atom. The number of nitrogens with zero attached hydrogens (tertiary/aromatic N) is 1. The van der Waals surface area contributed by atoms with Gasteiger partial charge in [-0.15, -0.1) is 12.4 Å². The largest absolute Gasteiger partial charge is 0.465 e. The summed E-state index contributed by atoms with van der Waals surface area (Å²) in [5.41, 5.74) is 1.05. The molecule has 0 bridgehead atoms. The van der Waals surface area contributed by atoms with E-state index in [1.54, 1.807) is 4.90 Å². The van der Waals surface area contributed by atoms with Crippen molar-refractivity contribution in [3.63, 3.8) is 0 Å². The summed E-state index contributed by atoms with van der Waals surface area (Å²) in [4.78, 5) is 25.6. The van der Waals surface area contributed by atoms with Crippen LogP contribution in [0.2, 0.25) is 0 Å². The zero-order valence-electron chi connectivity index (χ0n) is 12.5. The minimum atomic E-state index is -0.156. The monoisotopic (exact) mass is 339 g/mol. The molecule has 3 heterocycles. The van der Waals surface area contributed by atoms with Crippen LogP contribution in [0.1, 0.15) is 12.0 Å². The normalized spacial score (nSPS) is 24.2. The topological polar surface area (TPSA) is 65.1 Å². The van der Waals surface area contributed by atoms with E-state index in [1.807, 2.05) is 18.2 Å². The second kappa shape index (κ2) is 6.28. The summed E-state index contributed by atoms with van der Waals surface area (Å²) < 4.78 is 15.6.